The molecule has 1 saturated heterocycles. The zero-order valence-corrected chi connectivity index (χ0v) is 11.1. The first kappa shape index (κ1) is 14.9. The molecule has 1 amide bonds. The summed E-state index contributed by atoms with van der Waals surface area (Å²) >= 11 is 0. The Bertz CT molecular complexity index is 488. The fourth-order valence-corrected chi connectivity index (χ4v) is 2.32. The summed E-state index contributed by atoms with van der Waals surface area (Å²) in [5.74, 6) is -1.69. The van der Waals surface area contributed by atoms with Gasteiger partial charge in [-0.1, -0.05) is 6.07 Å². The highest BCUT2D eigenvalue weighted by molar-refractivity contribution is 5.79. The number of rotatable bonds is 4. The number of amides is 1. The standard InChI is InChI=1S/C14H18F2N2O2/c15-11-2-1-10(12(16)8-11)7-13(19)18-14(9-17)3-5-20-6-4-14/h1-2,8H,3-7,9,17H2,(H,18,19). The molecule has 0 unspecified atom stereocenters. The second-order valence-electron chi connectivity index (χ2n) is 5.06. The number of nitrogens with one attached hydrogen (secondary N) is 1. The molecule has 0 atom stereocenters. The third kappa shape index (κ3) is 3.52. The number of ether oxygens (including phenoxy) is 1. The molecule has 1 aliphatic rings. The minimum atomic E-state index is -0.714. The second kappa shape index (κ2) is 6.28. The molecule has 1 aliphatic heterocycles. The van der Waals surface area contributed by atoms with Gasteiger partial charge in [0, 0.05) is 25.8 Å². The summed E-state index contributed by atoms with van der Waals surface area (Å²) in [5.41, 5.74) is 5.42. The number of hydrogen-bond acceptors (Lipinski definition) is 3. The molecule has 1 aromatic carbocycles. The van der Waals surface area contributed by atoms with Crippen LogP contribution in [0.4, 0.5) is 8.78 Å². The van der Waals surface area contributed by atoms with Crippen LogP contribution in [0.2, 0.25) is 0 Å². The number of hydrogen-bond donors (Lipinski definition) is 2. The van der Waals surface area contributed by atoms with E-state index in [4.69, 9.17) is 10.5 Å². The van der Waals surface area contributed by atoms with Gasteiger partial charge in [0.1, 0.15) is 11.6 Å². The number of benzene rings is 1. The topological polar surface area (TPSA) is 64.3 Å². The van der Waals surface area contributed by atoms with Crippen LogP contribution in [0.3, 0.4) is 0 Å². The number of carbonyl (C=O) groups excluding carboxylic acids is 1. The average Bonchev–Trinajstić information content (AvgIpc) is 2.43. The number of carbonyl (C=O) groups is 1. The molecule has 1 fully saturated rings. The summed E-state index contributed by atoms with van der Waals surface area (Å²) in [4.78, 5) is 12.0. The van der Waals surface area contributed by atoms with Gasteiger partial charge in [0.25, 0.3) is 0 Å². The molecule has 110 valence electrons. The lowest BCUT2D eigenvalue weighted by Crippen LogP contribution is -2.57. The van der Waals surface area contributed by atoms with Crippen LogP contribution in [-0.2, 0) is 16.0 Å². The quantitative estimate of drug-likeness (QED) is 0.871. The van der Waals surface area contributed by atoms with Crippen LogP contribution in [-0.4, -0.2) is 31.2 Å². The third-order valence-electron chi connectivity index (χ3n) is 3.61. The van der Waals surface area contributed by atoms with E-state index < -0.39 is 17.2 Å². The molecule has 0 bridgehead atoms. The molecule has 6 heteroatoms. The Balaban J connectivity index is 2.00. The van der Waals surface area contributed by atoms with E-state index in [0.29, 0.717) is 32.6 Å². The van der Waals surface area contributed by atoms with Crippen LogP contribution in [0.25, 0.3) is 0 Å². The van der Waals surface area contributed by atoms with Gasteiger partial charge in [0.15, 0.2) is 0 Å². The first-order valence-corrected chi connectivity index (χ1v) is 6.57. The Morgan fingerprint density at radius 3 is 2.65 bits per heavy atom. The summed E-state index contributed by atoms with van der Waals surface area (Å²) in [5, 5.41) is 2.87. The summed E-state index contributed by atoms with van der Waals surface area (Å²) in [6.45, 7) is 1.40. The summed E-state index contributed by atoms with van der Waals surface area (Å²) in [6.07, 6.45) is 1.15. The predicted octanol–water partition coefficient (Wildman–Crippen LogP) is 1.13. The van der Waals surface area contributed by atoms with E-state index in [0.717, 1.165) is 12.1 Å². The smallest absolute Gasteiger partial charge is 0.225 e. The Morgan fingerprint density at radius 1 is 1.35 bits per heavy atom. The maximum atomic E-state index is 13.5. The molecule has 0 aliphatic carbocycles. The van der Waals surface area contributed by atoms with Gasteiger partial charge in [-0.3, -0.25) is 4.79 Å². The lowest BCUT2D eigenvalue weighted by atomic mass is 9.90. The number of nitrogens with two attached hydrogens (primary N) is 1. The summed E-state index contributed by atoms with van der Waals surface area (Å²) in [7, 11) is 0. The Morgan fingerprint density at radius 2 is 2.05 bits per heavy atom. The largest absolute Gasteiger partial charge is 0.381 e. The Hall–Kier alpha value is -1.53. The lowest BCUT2D eigenvalue weighted by Gasteiger charge is -2.37. The molecule has 2 rings (SSSR count). The minimum Gasteiger partial charge on any atom is -0.381 e. The predicted molar refractivity (Wildman–Crippen MR) is 70.0 cm³/mol. The van der Waals surface area contributed by atoms with Gasteiger partial charge in [-0.25, -0.2) is 8.78 Å². The van der Waals surface area contributed by atoms with Crippen LogP contribution in [0.15, 0.2) is 18.2 Å². The van der Waals surface area contributed by atoms with Crippen molar-refractivity contribution in [1.29, 1.82) is 0 Å². The van der Waals surface area contributed by atoms with Crippen LogP contribution in [0, 0.1) is 11.6 Å². The molecule has 4 nitrogen and oxygen atoms in total. The van der Waals surface area contributed by atoms with Gasteiger partial charge < -0.3 is 15.8 Å². The van der Waals surface area contributed by atoms with Crippen molar-refractivity contribution in [1.82, 2.24) is 5.32 Å². The van der Waals surface area contributed by atoms with Crippen molar-refractivity contribution in [3.8, 4) is 0 Å². The van der Waals surface area contributed by atoms with E-state index in [1.54, 1.807) is 0 Å². The zero-order valence-electron chi connectivity index (χ0n) is 11.1. The lowest BCUT2D eigenvalue weighted by molar-refractivity contribution is -0.123. The molecule has 1 aromatic rings. The molecule has 1 heterocycles. The highest BCUT2D eigenvalue weighted by Gasteiger charge is 2.32. The van der Waals surface area contributed by atoms with E-state index in [-0.39, 0.29) is 17.9 Å². The van der Waals surface area contributed by atoms with Crippen molar-refractivity contribution in [2.24, 2.45) is 5.73 Å². The second-order valence-corrected chi connectivity index (χ2v) is 5.06. The molecule has 0 radical (unpaired) electrons. The van der Waals surface area contributed by atoms with Gasteiger partial charge in [-0.15, -0.1) is 0 Å². The van der Waals surface area contributed by atoms with Crippen LogP contribution >= 0.6 is 0 Å². The fourth-order valence-electron chi connectivity index (χ4n) is 2.32. The van der Waals surface area contributed by atoms with Gasteiger partial charge in [-0.2, -0.15) is 0 Å². The van der Waals surface area contributed by atoms with Crippen LogP contribution < -0.4 is 11.1 Å². The van der Waals surface area contributed by atoms with Crippen molar-refractivity contribution in [3.63, 3.8) is 0 Å². The summed E-state index contributed by atoms with van der Waals surface area (Å²) in [6, 6.07) is 3.19. The van der Waals surface area contributed by atoms with E-state index in [2.05, 4.69) is 5.32 Å². The van der Waals surface area contributed by atoms with E-state index in [9.17, 15) is 13.6 Å². The van der Waals surface area contributed by atoms with Crippen molar-refractivity contribution in [2.75, 3.05) is 19.8 Å². The molecular weight excluding hydrogens is 266 g/mol. The highest BCUT2D eigenvalue weighted by atomic mass is 19.1. The molecule has 0 aromatic heterocycles. The molecule has 0 spiro atoms. The maximum absolute atomic E-state index is 13.5. The van der Waals surface area contributed by atoms with Crippen molar-refractivity contribution < 1.29 is 18.3 Å². The number of halogens is 2. The summed E-state index contributed by atoms with van der Waals surface area (Å²) < 4.78 is 31.6. The Labute approximate surface area is 116 Å². The van der Waals surface area contributed by atoms with E-state index >= 15 is 0 Å². The first-order valence-electron chi connectivity index (χ1n) is 6.57. The average molecular weight is 284 g/mol. The van der Waals surface area contributed by atoms with Gasteiger partial charge >= 0.3 is 0 Å². The minimum absolute atomic E-state index is 0.130. The van der Waals surface area contributed by atoms with Crippen molar-refractivity contribution >= 4 is 5.91 Å². The first-order chi connectivity index (χ1) is 9.54. The van der Waals surface area contributed by atoms with Crippen molar-refractivity contribution in [2.45, 2.75) is 24.8 Å². The molecular formula is C14H18F2N2O2. The monoisotopic (exact) mass is 284 g/mol. The maximum Gasteiger partial charge on any atom is 0.225 e. The fraction of sp³-hybridized carbons (Fsp3) is 0.500. The molecule has 3 N–H and O–H groups in total. The molecule has 0 saturated carbocycles. The third-order valence-corrected chi connectivity index (χ3v) is 3.61. The van der Waals surface area contributed by atoms with Crippen molar-refractivity contribution in [3.05, 3.63) is 35.4 Å². The van der Waals surface area contributed by atoms with Gasteiger partial charge in [0.05, 0.1) is 12.0 Å². The SMILES string of the molecule is NCC1(NC(=O)Cc2ccc(F)cc2F)CCOCC1. The van der Waals surface area contributed by atoms with Gasteiger partial charge in [0.2, 0.25) is 5.91 Å². The van der Waals surface area contributed by atoms with Gasteiger partial charge in [-0.05, 0) is 24.5 Å². The van der Waals surface area contributed by atoms with E-state index in [1.165, 1.54) is 6.07 Å². The van der Waals surface area contributed by atoms with Crippen LogP contribution in [0.5, 0.6) is 0 Å². The normalized spacial score (nSPS) is 17.8. The van der Waals surface area contributed by atoms with Crippen LogP contribution in [0.1, 0.15) is 18.4 Å². The Kier molecular flexibility index (Phi) is 4.67. The highest BCUT2D eigenvalue weighted by Crippen LogP contribution is 2.20. The molecule has 20 heavy (non-hydrogen) atoms. The van der Waals surface area contributed by atoms with E-state index in [1.807, 2.05) is 0 Å². The zero-order chi connectivity index (χ0) is 14.6.